The van der Waals surface area contributed by atoms with Crippen molar-refractivity contribution in [1.82, 2.24) is 20.3 Å². The lowest BCUT2D eigenvalue weighted by Crippen LogP contribution is -2.37. The third-order valence-corrected chi connectivity index (χ3v) is 3.55. The lowest BCUT2D eigenvalue weighted by atomic mass is 10.1. The molecule has 0 bridgehead atoms. The minimum absolute atomic E-state index is 0.0441. The van der Waals surface area contributed by atoms with Gasteiger partial charge in [-0.3, -0.25) is 24.4 Å². The first-order chi connectivity index (χ1) is 12.0. The van der Waals surface area contributed by atoms with Crippen LogP contribution >= 0.6 is 0 Å². The molecule has 0 fully saturated rings. The molecule has 0 aliphatic carbocycles. The van der Waals surface area contributed by atoms with Gasteiger partial charge in [-0.25, -0.2) is 9.78 Å². The van der Waals surface area contributed by atoms with Crippen LogP contribution in [0.2, 0.25) is 0 Å². The molecule has 1 unspecified atom stereocenters. The van der Waals surface area contributed by atoms with E-state index in [1.54, 1.807) is 30.3 Å². The van der Waals surface area contributed by atoms with Gasteiger partial charge in [0.1, 0.15) is 11.7 Å². The van der Waals surface area contributed by atoms with Crippen LogP contribution in [0.25, 0.3) is 11.0 Å². The molecule has 2 amide bonds. The highest BCUT2D eigenvalue weighted by atomic mass is 16.2. The second-order valence-electron chi connectivity index (χ2n) is 5.25. The van der Waals surface area contributed by atoms with Crippen LogP contribution in [0.3, 0.4) is 0 Å². The Hall–Kier alpha value is -3.75. The number of carbonyl (C=O) groups is 2. The molecule has 126 valence electrons. The zero-order valence-electron chi connectivity index (χ0n) is 12.8. The topological polar surface area (TPSA) is 151 Å². The number of hydrogen-bond acceptors (Lipinski definition) is 5. The molecule has 0 saturated carbocycles. The summed E-state index contributed by atoms with van der Waals surface area (Å²) in [5.74, 6) is -1.36. The maximum absolute atomic E-state index is 12.4. The lowest BCUT2D eigenvalue weighted by molar-refractivity contribution is -0.120. The largest absolute Gasteiger partial charge is 0.368 e. The SMILES string of the molecule is NC(=O)C(NC(=O)c1cnc2[nH]c(=O)[nH]c(=O)c2c1)c1ccccc1. The fourth-order valence-corrected chi connectivity index (χ4v) is 2.35. The number of fused-ring (bicyclic) bond motifs is 1. The van der Waals surface area contributed by atoms with Gasteiger partial charge in [0.15, 0.2) is 0 Å². The number of H-pyrrole nitrogens is 2. The Kier molecular flexibility index (Phi) is 4.12. The Morgan fingerprint density at radius 3 is 2.52 bits per heavy atom. The summed E-state index contributed by atoms with van der Waals surface area (Å²) in [4.78, 5) is 55.4. The summed E-state index contributed by atoms with van der Waals surface area (Å²) in [6.45, 7) is 0. The minimum Gasteiger partial charge on any atom is -0.368 e. The molecule has 9 heteroatoms. The molecule has 9 nitrogen and oxygen atoms in total. The summed E-state index contributed by atoms with van der Waals surface area (Å²) in [7, 11) is 0. The fourth-order valence-electron chi connectivity index (χ4n) is 2.35. The van der Waals surface area contributed by atoms with Gasteiger partial charge in [-0.1, -0.05) is 30.3 Å². The van der Waals surface area contributed by atoms with Crippen LogP contribution in [0.5, 0.6) is 0 Å². The predicted octanol–water partition coefficient (Wildman–Crippen LogP) is -0.432. The highest BCUT2D eigenvalue weighted by molar-refractivity contribution is 5.99. The number of nitrogens with zero attached hydrogens (tertiary/aromatic N) is 1. The van der Waals surface area contributed by atoms with Gasteiger partial charge in [-0.2, -0.15) is 0 Å². The second-order valence-corrected chi connectivity index (χ2v) is 5.25. The summed E-state index contributed by atoms with van der Waals surface area (Å²) in [6, 6.07) is 8.75. The van der Waals surface area contributed by atoms with Crippen molar-refractivity contribution in [3.63, 3.8) is 0 Å². The molecule has 1 atom stereocenters. The van der Waals surface area contributed by atoms with Crippen molar-refractivity contribution in [2.24, 2.45) is 5.73 Å². The van der Waals surface area contributed by atoms with E-state index in [0.717, 1.165) is 0 Å². The number of hydrogen-bond donors (Lipinski definition) is 4. The van der Waals surface area contributed by atoms with E-state index in [9.17, 15) is 19.2 Å². The predicted molar refractivity (Wildman–Crippen MR) is 88.8 cm³/mol. The van der Waals surface area contributed by atoms with E-state index in [2.05, 4.69) is 20.3 Å². The maximum atomic E-state index is 12.4. The Morgan fingerprint density at radius 1 is 1.12 bits per heavy atom. The molecule has 1 aromatic carbocycles. The van der Waals surface area contributed by atoms with E-state index in [-0.39, 0.29) is 16.6 Å². The summed E-state index contributed by atoms with van der Waals surface area (Å²) >= 11 is 0. The number of carbonyl (C=O) groups excluding carboxylic acids is 2. The summed E-state index contributed by atoms with van der Waals surface area (Å²) in [6.07, 6.45) is 1.19. The van der Waals surface area contributed by atoms with Gasteiger partial charge < -0.3 is 11.1 Å². The van der Waals surface area contributed by atoms with Crippen LogP contribution in [0.4, 0.5) is 0 Å². The fraction of sp³-hybridized carbons (Fsp3) is 0.0625. The molecular formula is C16H13N5O4. The molecule has 0 radical (unpaired) electrons. The van der Waals surface area contributed by atoms with E-state index in [0.29, 0.717) is 5.56 Å². The number of nitrogens with one attached hydrogen (secondary N) is 3. The maximum Gasteiger partial charge on any atom is 0.327 e. The van der Waals surface area contributed by atoms with Gasteiger partial charge in [-0.05, 0) is 11.6 Å². The van der Waals surface area contributed by atoms with Gasteiger partial charge >= 0.3 is 5.69 Å². The van der Waals surface area contributed by atoms with Gasteiger partial charge in [-0.15, -0.1) is 0 Å². The second kappa shape index (κ2) is 6.40. The van der Waals surface area contributed by atoms with E-state index >= 15 is 0 Å². The number of nitrogens with two attached hydrogens (primary N) is 1. The average molecular weight is 339 g/mol. The standard InChI is InChI=1S/C16H13N5O4/c17-12(22)11(8-4-2-1-3-5-8)19-14(23)9-6-10-13(18-7-9)20-16(25)21-15(10)24/h1-7,11H,(H2,17,22)(H,19,23)(H2,18,20,21,24,25). The molecule has 2 aromatic heterocycles. The molecule has 2 heterocycles. The van der Waals surface area contributed by atoms with Crippen LogP contribution in [0.1, 0.15) is 22.0 Å². The molecule has 0 spiro atoms. The van der Waals surface area contributed by atoms with Gasteiger partial charge in [0.2, 0.25) is 5.91 Å². The number of benzene rings is 1. The molecule has 3 rings (SSSR count). The number of amides is 2. The van der Waals surface area contributed by atoms with E-state index in [1.165, 1.54) is 12.3 Å². The van der Waals surface area contributed by atoms with Crippen LogP contribution in [-0.4, -0.2) is 26.8 Å². The molecule has 25 heavy (non-hydrogen) atoms. The third-order valence-electron chi connectivity index (χ3n) is 3.55. The monoisotopic (exact) mass is 339 g/mol. The first-order valence-electron chi connectivity index (χ1n) is 7.23. The summed E-state index contributed by atoms with van der Waals surface area (Å²) in [5, 5.41) is 2.55. The van der Waals surface area contributed by atoms with Crippen molar-refractivity contribution in [2.45, 2.75) is 6.04 Å². The van der Waals surface area contributed by atoms with Crippen LogP contribution in [-0.2, 0) is 4.79 Å². The van der Waals surface area contributed by atoms with E-state index in [4.69, 9.17) is 5.73 Å². The molecule has 5 N–H and O–H groups in total. The molecule has 0 saturated heterocycles. The van der Waals surface area contributed by atoms with Crippen LogP contribution < -0.4 is 22.3 Å². The van der Waals surface area contributed by atoms with Crippen LogP contribution in [0, 0.1) is 0 Å². The Labute approximate surface area is 139 Å². The summed E-state index contributed by atoms with van der Waals surface area (Å²) in [5.41, 5.74) is 4.63. The average Bonchev–Trinajstić information content (AvgIpc) is 2.59. The quantitative estimate of drug-likeness (QED) is 0.508. The number of rotatable bonds is 4. The number of aromatic nitrogens is 3. The molecular weight excluding hydrogens is 326 g/mol. The highest BCUT2D eigenvalue weighted by Gasteiger charge is 2.21. The summed E-state index contributed by atoms with van der Waals surface area (Å²) < 4.78 is 0. The zero-order valence-corrected chi connectivity index (χ0v) is 12.8. The van der Waals surface area contributed by atoms with Crippen molar-refractivity contribution in [3.05, 3.63) is 74.6 Å². The number of primary amides is 1. The normalized spacial score (nSPS) is 11.8. The van der Waals surface area contributed by atoms with Crippen molar-refractivity contribution in [3.8, 4) is 0 Å². The minimum atomic E-state index is -1.03. The lowest BCUT2D eigenvalue weighted by Gasteiger charge is -2.15. The first kappa shape index (κ1) is 16.1. The Morgan fingerprint density at radius 2 is 1.84 bits per heavy atom. The van der Waals surface area contributed by atoms with Crippen molar-refractivity contribution in [2.75, 3.05) is 0 Å². The smallest absolute Gasteiger partial charge is 0.327 e. The van der Waals surface area contributed by atoms with Crippen molar-refractivity contribution < 1.29 is 9.59 Å². The van der Waals surface area contributed by atoms with Crippen LogP contribution in [0.15, 0.2) is 52.2 Å². The van der Waals surface area contributed by atoms with E-state index < -0.39 is 29.1 Å². The number of pyridine rings is 1. The highest BCUT2D eigenvalue weighted by Crippen LogP contribution is 2.13. The van der Waals surface area contributed by atoms with Gasteiger partial charge in [0, 0.05) is 6.20 Å². The van der Waals surface area contributed by atoms with Crippen molar-refractivity contribution >= 4 is 22.8 Å². The Bertz CT molecular complexity index is 1070. The molecule has 3 aromatic rings. The van der Waals surface area contributed by atoms with Gasteiger partial charge in [0.25, 0.3) is 11.5 Å². The van der Waals surface area contributed by atoms with Gasteiger partial charge in [0.05, 0.1) is 10.9 Å². The first-order valence-corrected chi connectivity index (χ1v) is 7.23. The van der Waals surface area contributed by atoms with Crippen molar-refractivity contribution in [1.29, 1.82) is 0 Å². The molecule has 0 aliphatic rings. The molecule has 0 aliphatic heterocycles. The number of aromatic amines is 2. The third kappa shape index (κ3) is 3.29. The Balaban J connectivity index is 1.95. The zero-order chi connectivity index (χ0) is 18.0. The van der Waals surface area contributed by atoms with E-state index in [1.807, 2.05) is 0 Å².